The minimum atomic E-state index is -1.83. The molecule has 0 spiro atoms. The molecule has 1 aliphatic rings. The van der Waals surface area contributed by atoms with Crippen LogP contribution in [0.2, 0.25) is 5.02 Å². The first-order chi connectivity index (χ1) is 22.3. The van der Waals surface area contributed by atoms with E-state index in [2.05, 4.69) is 11.5 Å². The zero-order chi connectivity index (χ0) is 33.7. The Morgan fingerprint density at radius 1 is 1.06 bits per heavy atom. The number of phenols is 1. The van der Waals surface area contributed by atoms with Crippen molar-refractivity contribution in [1.82, 2.24) is 14.6 Å². The van der Waals surface area contributed by atoms with Gasteiger partial charge in [0.15, 0.2) is 11.2 Å². The Morgan fingerprint density at radius 3 is 2.51 bits per heavy atom. The molecule has 0 saturated heterocycles. The normalized spacial score (nSPS) is 14.4. The molecule has 1 aliphatic heterocycles. The van der Waals surface area contributed by atoms with E-state index in [4.69, 9.17) is 31.2 Å². The smallest absolute Gasteiger partial charge is 0.340 e. The van der Waals surface area contributed by atoms with Crippen LogP contribution in [0.15, 0.2) is 79.4 Å². The fraction of sp³-hybridized carbons (Fsp3) is 0.270. The molecule has 9 nitrogen and oxygen atoms in total. The molecule has 3 aromatic carbocycles. The molecule has 1 atom stereocenters. The van der Waals surface area contributed by atoms with Crippen molar-refractivity contribution in [3.8, 4) is 45.1 Å². The van der Waals surface area contributed by atoms with Crippen molar-refractivity contribution in [2.45, 2.75) is 45.8 Å². The van der Waals surface area contributed by atoms with Gasteiger partial charge in [0.05, 0.1) is 34.2 Å². The second-order valence-corrected chi connectivity index (χ2v) is 13.1. The number of carboxylic acids is 1. The third-order valence-corrected chi connectivity index (χ3v) is 8.55. The Labute approximate surface area is 278 Å². The van der Waals surface area contributed by atoms with E-state index in [-0.39, 0.29) is 5.75 Å². The van der Waals surface area contributed by atoms with Crippen LogP contribution in [0, 0.1) is 6.92 Å². The van der Waals surface area contributed by atoms with Crippen molar-refractivity contribution in [2.24, 2.45) is 0 Å². The highest BCUT2D eigenvalue weighted by molar-refractivity contribution is 6.36. The number of nitrogens with zero attached hydrogens (tertiary/aromatic N) is 4. The number of aryl methyl sites for hydroxylation is 1. The van der Waals surface area contributed by atoms with E-state index in [1.807, 2.05) is 75.4 Å². The standard InChI is InChI=1S/C37H37ClN4O5/c1-7-17-41-18-19-46-29-16-15-26(32(38)34(29)41)33-31(37(6,35(44)45)47-36(3,4)5)22(2)39-30-21-27(40-42(30)33)24-12-10-11-23(20-24)25-13-8-9-14-28(25)43/h7-16,20-21,43H,1,17-19H2,2-6H3,(H,44,45)/t37-/m0/s1. The topological polar surface area (TPSA) is 109 Å². The lowest BCUT2D eigenvalue weighted by molar-refractivity contribution is -0.183. The summed E-state index contributed by atoms with van der Waals surface area (Å²) < 4.78 is 14.0. The van der Waals surface area contributed by atoms with E-state index < -0.39 is 17.2 Å². The molecule has 0 bridgehead atoms. The molecule has 0 aliphatic carbocycles. The first kappa shape index (κ1) is 32.1. The van der Waals surface area contributed by atoms with Crippen molar-refractivity contribution in [2.75, 3.05) is 24.6 Å². The summed E-state index contributed by atoms with van der Waals surface area (Å²) in [5.41, 5.74) is 3.25. The first-order valence-electron chi connectivity index (χ1n) is 15.4. The number of carboxylic acid groups (broad SMARTS) is 1. The molecule has 10 heteroatoms. The summed E-state index contributed by atoms with van der Waals surface area (Å²) >= 11 is 7.28. The minimum Gasteiger partial charge on any atom is -0.507 e. The van der Waals surface area contributed by atoms with Crippen LogP contribution < -0.4 is 9.64 Å². The molecule has 0 radical (unpaired) electrons. The molecule has 0 unspecified atom stereocenters. The average molecular weight is 653 g/mol. The first-order valence-corrected chi connectivity index (χ1v) is 15.7. The highest BCUT2D eigenvalue weighted by Crippen LogP contribution is 2.47. The number of aromatic nitrogens is 3. The molecule has 5 aromatic rings. The van der Waals surface area contributed by atoms with Crippen molar-refractivity contribution in [3.05, 3.63) is 95.7 Å². The molecule has 3 heterocycles. The Balaban J connectivity index is 1.65. The summed E-state index contributed by atoms with van der Waals surface area (Å²) in [6, 6.07) is 20.4. The monoisotopic (exact) mass is 652 g/mol. The van der Waals surface area contributed by atoms with Gasteiger partial charge in [0.2, 0.25) is 0 Å². The lowest BCUT2D eigenvalue weighted by atomic mass is 9.88. The number of phenolic OH excluding ortho intramolecular Hbond substituents is 1. The van der Waals surface area contributed by atoms with E-state index in [1.165, 1.54) is 0 Å². The molecule has 47 heavy (non-hydrogen) atoms. The quantitative estimate of drug-likeness (QED) is 0.163. The molecule has 2 N–H and O–H groups in total. The zero-order valence-corrected chi connectivity index (χ0v) is 27.8. The summed E-state index contributed by atoms with van der Waals surface area (Å²) in [5.74, 6) is -0.372. The number of para-hydroxylation sites is 1. The van der Waals surface area contributed by atoms with Crippen LogP contribution in [0.5, 0.6) is 11.5 Å². The Morgan fingerprint density at radius 2 is 1.81 bits per heavy atom. The second kappa shape index (κ2) is 12.1. The van der Waals surface area contributed by atoms with Crippen molar-refractivity contribution >= 4 is 28.9 Å². The van der Waals surface area contributed by atoms with Gasteiger partial charge in [-0.05, 0) is 64.4 Å². The number of carbonyl (C=O) groups is 1. The number of anilines is 1. The molecule has 0 saturated carbocycles. The van der Waals surface area contributed by atoms with E-state index in [1.54, 1.807) is 36.6 Å². The van der Waals surface area contributed by atoms with Gasteiger partial charge in [0, 0.05) is 40.6 Å². The summed E-state index contributed by atoms with van der Waals surface area (Å²) in [7, 11) is 0. The van der Waals surface area contributed by atoms with Gasteiger partial charge in [-0.1, -0.05) is 54.1 Å². The van der Waals surface area contributed by atoms with Gasteiger partial charge in [-0.2, -0.15) is 5.10 Å². The molecular weight excluding hydrogens is 616 g/mol. The maximum absolute atomic E-state index is 13.2. The van der Waals surface area contributed by atoms with Crippen molar-refractivity contribution in [3.63, 3.8) is 0 Å². The number of rotatable bonds is 8. The number of benzene rings is 3. The fourth-order valence-electron chi connectivity index (χ4n) is 6.32. The van der Waals surface area contributed by atoms with Gasteiger partial charge in [0.25, 0.3) is 0 Å². The largest absolute Gasteiger partial charge is 0.507 e. The molecule has 2 aromatic heterocycles. The summed E-state index contributed by atoms with van der Waals surface area (Å²) in [6.45, 7) is 14.3. The molecule has 0 amide bonds. The Hall–Kier alpha value is -4.86. The third kappa shape index (κ3) is 5.81. The summed E-state index contributed by atoms with van der Waals surface area (Å²) in [6.07, 6.45) is 1.81. The van der Waals surface area contributed by atoms with Crippen LogP contribution in [0.3, 0.4) is 0 Å². The van der Waals surface area contributed by atoms with Gasteiger partial charge in [0.1, 0.15) is 18.1 Å². The van der Waals surface area contributed by atoms with Gasteiger partial charge in [-0.15, -0.1) is 6.58 Å². The van der Waals surface area contributed by atoms with Gasteiger partial charge in [-0.3, -0.25) is 0 Å². The molecule has 6 rings (SSSR count). The number of hydrogen-bond donors (Lipinski definition) is 2. The third-order valence-electron chi connectivity index (χ3n) is 8.17. The van der Waals surface area contributed by atoms with Gasteiger partial charge >= 0.3 is 5.97 Å². The molecule has 242 valence electrons. The molecule has 0 fully saturated rings. The lowest BCUT2D eigenvalue weighted by Crippen LogP contribution is -2.43. The number of halogens is 1. The lowest BCUT2D eigenvalue weighted by Gasteiger charge is -2.36. The Bertz CT molecular complexity index is 2030. The predicted molar refractivity (Wildman–Crippen MR) is 184 cm³/mol. The predicted octanol–water partition coefficient (Wildman–Crippen LogP) is 7.90. The van der Waals surface area contributed by atoms with E-state index >= 15 is 0 Å². The molecular formula is C37H37ClN4O5. The van der Waals surface area contributed by atoms with E-state index in [9.17, 15) is 15.0 Å². The zero-order valence-electron chi connectivity index (χ0n) is 27.0. The number of fused-ring (bicyclic) bond motifs is 2. The average Bonchev–Trinajstić information content (AvgIpc) is 3.44. The highest BCUT2D eigenvalue weighted by Gasteiger charge is 2.45. The Kier molecular flexibility index (Phi) is 8.23. The number of ether oxygens (including phenoxy) is 2. The summed E-state index contributed by atoms with van der Waals surface area (Å²) in [4.78, 5) is 20.1. The van der Waals surface area contributed by atoms with E-state index in [0.717, 1.165) is 11.1 Å². The highest BCUT2D eigenvalue weighted by atomic mass is 35.5. The second-order valence-electron chi connectivity index (χ2n) is 12.7. The maximum Gasteiger partial charge on any atom is 0.340 e. The van der Waals surface area contributed by atoms with Crippen LogP contribution in [0.25, 0.3) is 39.3 Å². The van der Waals surface area contributed by atoms with Crippen LogP contribution in [0.1, 0.15) is 39.0 Å². The maximum atomic E-state index is 13.2. The number of aromatic hydroxyl groups is 1. The van der Waals surface area contributed by atoms with Crippen LogP contribution in [-0.2, 0) is 15.1 Å². The van der Waals surface area contributed by atoms with Crippen LogP contribution in [-0.4, -0.2) is 56.1 Å². The van der Waals surface area contributed by atoms with Gasteiger partial charge < -0.3 is 24.6 Å². The van der Waals surface area contributed by atoms with Gasteiger partial charge in [-0.25, -0.2) is 14.3 Å². The number of aliphatic carboxylic acids is 1. The van der Waals surface area contributed by atoms with Crippen LogP contribution in [0.4, 0.5) is 5.69 Å². The van der Waals surface area contributed by atoms with Crippen molar-refractivity contribution in [1.29, 1.82) is 0 Å². The fourth-order valence-corrected chi connectivity index (χ4v) is 6.68. The van der Waals surface area contributed by atoms with Crippen LogP contribution >= 0.6 is 11.6 Å². The minimum absolute atomic E-state index is 0.173. The summed E-state index contributed by atoms with van der Waals surface area (Å²) in [5, 5.41) is 26.7. The SMILES string of the molecule is C=CCN1CCOc2ccc(-c3c([C@](C)(OC(C)(C)C)C(=O)O)c(C)nc4cc(-c5cccc(-c6ccccc6O)c5)nn34)c(Cl)c21. The number of hydrogen-bond acceptors (Lipinski definition) is 7. The van der Waals surface area contributed by atoms with Crippen molar-refractivity contribution < 1.29 is 24.5 Å². The van der Waals surface area contributed by atoms with E-state index in [0.29, 0.717) is 75.6 Å².